The van der Waals surface area contributed by atoms with E-state index in [2.05, 4.69) is 20.7 Å². The van der Waals surface area contributed by atoms with Crippen LogP contribution in [0.15, 0.2) is 30.7 Å². The summed E-state index contributed by atoms with van der Waals surface area (Å²) < 4.78 is 14.9. The summed E-state index contributed by atoms with van der Waals surface area (Å²) in [7, 11) is 1.63. The van der Waals surface area contributed by atoms with Gasteiger partial charge >= 0.3 is 0 Å². The van der Waals surface area contributed by atoms with Crippen LogP contribution in [0.3, 0.4) is 0 Å². The highest BCUT2D eigenvalue weighted by Crippen LogP contribution is 2.12. The Labute approximate surface area is 116 Å². The van der Waals surface area contributed by atoms with Crippen molar-refractivity contribution in [1.29, 1.82) is 0 Å². The molecule has 0 spiro atoms. The molecule has 2 aromatic rings. The number of pyridine rings is 1. The van der Waals surface area contributed by atoms with Gasteiger partial charge in [-0.05, 0) is 18.6 Å². The molecule has 0 bridgehead atoms. The van der Waals surface area contributed by atoms with E-state index in [0.717, 1.165) is 12.6 Å². The smallest absolute Gasteiger partial charge is 0.255 e. The molecule has 2 rings (SSSR count). The predicted molar refractivity (Wildman–Crippen MR) is 72.9 cm³/mol. The van der Waals surface area contributed by atoms with E-state index in [0.29, 0.717) is 18.9 Å². The van der Waals surface area contributed by atoms with Crippen molar-refractivity contribution < 1.29 is 9.18 Å². The lowest BCUT2D eigenvalue weighted by atomic mass is 10.2. The van der Waals surface area contributed by atoms with Crippen molar-refractivity contribution in [2.45, 2.75) is 13.0 Å². The van der Waals surface area contributed by atoms with Gasteiger partial charge in [0.05, 0.1) is 11.8 Å². The number of rotatable bonds is 6. The zero-order valence-electron chi connectivity index (χ0n) is 11.1. The number of carbonyl (C=O) groups excluding carboxylic acids is 1. The highest BCUT2D eigenvalue weighted by Gasteiger charge is 2.12. The van der Waals surface area contributed by atoms with Crippen molar-refractivity contribution in [3.05, 3.63) is 42.1 Å². The molecule has 0 aliphatic heterocycles. The van der Waals surface area contributed by atoms with Gasteiger partial charge in [-0.1, -0.05) is 0 Å². The topological polar surface area (TPSA) is 71.8 Å². The van der Waals surface area contributed by atoms with Crippen LogP contribution >= 0.6 is 0 Å². The Morgan fingerprint density at radius 1 is 1.50 bits per heavy atom. The molecule has 1 amide bonds. The summed E-state index contributed by atoms with van der Waals surface area (Å²) in [6.07, 6.45) is 5.37. The average Bonchev–Trinajstić information content (AvgIpc) is 2.96. The Bertz CT molecular complexity index is 570. The molecule has 106 valence electrons. The Hall–Kier alpha value is -2.44. The maximum Gasteiger partial charge on any atom is 0.255 e. The van der Waals surface area contributed by atoms with E-state index in [9.17, 15) is 9.18 Å². The molecule has 7 heteroatoms. The van der Waals surface area contributed by atoms with Gasteiger partial charge in [0.15, 0.2) is 0 Å². The van der Waals surface area contributed by atoms with Crippen LogP contribution in [-0.4, -0.2) is 34.3 Å². The molecule has 0 aliphatic rings. The number of halogens is 1. The van der Waals surface area contributed by atoms with Crippen molar-refractivity contribution in [2.24, 2.45) is 0 Å². The largest absolute Gasteiger partial charge is 0.372 e. The number of nitrogens with zero attached hydrogens (tertiary/aromatic N) is 3. The standard InChI is InChI=1S/C13H16FN5O/c1-15-12-11(8-10(14)9-17-12)13(20)16-4-2-6-19-7-3-5-18-19/h3,5,7-9H,2,4,6H2,1H3,(H,15,17)(H,16,20). The first kappa shape index (κ1) is 14.0. The van der Waals surface area contributed by atoms with E-state index in [4.69, 9.17) is 0 Å². The van der Waals surface area contributed by atoms with Gasteiger partial charge in [-0.3, -0.25) is 9.48 Å². The van der Waals surface area contributed by atoms with Crippen molar-refractivity contribution in [3.8, 4) is 0 Å². The molecule has 6 nitrogen and oxygen atoms in total. The van der Waals surface area contributed by atoms with Gasteiger partial charge in [0.2, 0.25) is 0 Å². The van der Waals surface area contributed by atoms with Crippen LogP contribution in [0.4, 0.5) is 10.2 Å². The quantitative estimate of drug-likeness (QED) is 0.780. The average molecular weight is 277 g/mol. The minimum Gasteiger partial charge on any atom is -0.372 e. The second kappa shape index (κ2) is 6.65. The number of aryl methyl sites for hydroxylation is 1. The first-order valence-corrected chi connectivity index (χ1v) is 6.29. The highest BCUT2D eigenvalue weighted by atomic mass is 19.1. The highest BCUT2D eigenvalue weighted by molar-refractivity contribution is 5.98. The number of carbonyl (C=O) groups is 1. The summed E-state index contributed by atoms with van der Waals surface area (Å²) in [5, 5.41) is 9.56. The van der Waals surface area contributed by atoms with E-state index in [1.165, 1.54) is 6.07 Å². The van der Waals surface area contributed by atoms with Crippen LogP contribution in [0.5, 0.6) is 0 Å². The third-order valence-electron chi connectivity index (χ3n) is 2.74. The lowest BCUT2D eigenvalue weighted by Crippen LogP contribution is -2.26. The number of hydrogen-bond donors (Lipinski definition) is 2. The third kappa shape index (κ3) is 3.53. The van der Waals surface area contributed by atoms with E-state index in [-0.39, 0.29) is 11.5 Å². The molecule has 0 aromatic carbocycles. The molecule has 0 aliphatic carbocycles. The summed E-state index contributed by atoms with van der Waals surface area (Å²) in [6.45, 7) is 1.20. The second-order valence-electron chi connectivity index (χ2n) is 4.18. The minimum absolute atomic E-state index is 0.201. The van der Waals surface area contributed by atoms with Crippen LogP contribution in [0.2, 0.25) is 0 Å². The summed E-state index contributed by atoms with van der Waals surface area (Å²) in [4.78, 5) is 15.8. The first-order chi connectivity index (χ1) is 9.70. The Kier molecular flexibility index (Phi) is 4.65. The molecule has 0 atom stereocenters. The maximum absolute atomic E-state index is 13.1. The Morgan fingerprint density at radius 2 is 2.35 bits per heavy atom. The molecule has 2 N–H and O–H groups in total. The molecule has 0 saturated carbocycles. The van der Waals surface area contributed by atoms with Crippen molar-refractivity contribution in [2.75, 3.05) is 18.9 Å². The lowest BCUT2D eigenvalue weighted by molar-refractivity contribution is 0.0952. The molecule has 2 heterocycles. The maximum atomic E-state index is 13.1. The van der Waals surface area contributed by atoms with Crippen LogP contribution < -0.4 is 10.6 Å². The summed E-state index contributed by atoms with van der Waals surface area (Å²) >= 11 is 0. The van der Waals surface area contributed by atoms with E-state index >= 15 is 0 Å². The number of anilines is 1. The predicted octanol–water partition coefficient (Wildman–Crippen LogP) is 1.28. The van der Waals surface area contributed by atoms with E-state index in [1.54, 1.807) is 17.9 Å². The van der Waals surface area contributed by atoms with Crippen molar-refractivity contribution in [1.82, 2.24) is 20.1 Å². The zero-order valence-corrected chi connectivity index (χ0v) is 11.1. The van der Waals surface area contributed by atoms with Crippen LogP contribution in [0.25, 0.3) is 0 Å². The molecule has 0 fully saturated rings. The fraction of sp³-hybridized carbons (Fsp3) is 0.308. The fourth-order valence-corrected chi connectivity index (χ4v) is 1.78. The van der Waals surface area contributed by atoms with Gasteiger partial charge in [0, 0.05) is 32.5 Å². The molecule has 2 aromatic heterocycles. The summed E-state index contributed by atoms with van der Waals surface area (Å²) in [6, 6.07) is 3.01. The molecule has 0 saturated heterocycles. The third-order valence-corrected chi connectivity index (χ3v) is 2.74. The van der Waals surface area contributed by atoms with Gasteiger partial charge in [-0.2, -0.15) is 5.10 Å². The van der Waals surface area contributed by atoms with Gasteiger partial charge in [-0.25, -0.2) is 9.37 Å². The van der Waals surface area contributed by atoms with Crippen molar-refractivity contribution in [3.63, 3.8) is 0 Å². The number of nitrogens with one attached hydrogen (secondary N) is 2. The van der Waals surface area contributed by atoms with E-state index in [1.807, 2.05) is 12.3 Å². The zero-order chi connectivity index (χ0) is 14.4. The van der Waals surface area contributed by atoms with E-state index < -0.39 is 5.82 Å². The van der Waals surface area contributed by atoms with Crippen LogP contribution in [0.1, 0.15) is 16.8 Å². The number of hydrogen-bond acceptors (Lipinski definition) is 4. The lowest BCUT2D eigenvalue weighted by Gasteiger charge is -2.09. The van der Waals surface area contributed by atoms with Gasteiger partial charge in [-0.15, -0.1) is 0 Å². The Morgan fingerprint density at radius 3 is 3.05 bits per heavy atom. The fourth-order valence-electron chi connectivity index (χ4n) is 1.78. The Balaban J connectivity index is 1.87. The molecule has 20 heavy (non-hydrogen) atoms. The molecule has 0 unspecified atom stereocenters. The minimum atomic E-state index is -0.536. The van der Waals surface area contributed by atoms with Gasteiger partial charge in [0.1, 0.15) is 11.6 Å². The normalized spacial score (nSPS) is 10.3. The van der Waals surface area contributed by atoms with Gasteiger partial charge < -0.3 is 10.6 Å². The van der Waals surface area contributed by atoms with Crippen molar-refractivity contribution >= 4 is 11.7 Å². The summed E-state index contributed by atoms with van der Waals surface area (Å²) in [5.74, 6) is -0.525. The number of aromatic nitrogens is 3. The summed E-state index contributed by atoms with van der Waals surface area (Å²) in [5.41, 5.74) is 0.201. The van der Waals surface area contributed by atoms with Crippen LogP contribution in [0, 0.1) is 5.82 Å². The second-order valence-corrected chi connectivity index (χ2v) is 4.18. The molecular formula is C13H16FN5O. The molecule has 0 radical (unpaired) electrons. The molecular weight excluding hydrogens is 261 g/mol. The van der Waals surface area contributed by atoms with Crippen LogP contribution in [-0.2, 0) is 6.54 Å². The number of amides is 1. The monoisotopic (exact) mass is 277 g/mol. The SMILES string of the molecule is CNc1ncc(F)cc1C(=O)NCCCn1cccn1. The van der Waals surface area contributed by atoms with Gasteiger partial charge in [0.25, 0.3) is 5.91 Å². The first-order valence-electron chi connectivity index (χ1n) is 6.29.